The molecule has 0 aliphatic rings. The maximum Gasteiger partial charge on any atom is 0.307 e. The Morgan fingerprint density at radius 3 is 1.96 bits per heavy atom. The molecular formula is C18H18N4O2. The highest BCUT2D eigenvalue weighted by Crippen LogP contribution is 2.13. The van der Waals surface area contributed by atoms with Crippen LogP contribution in [0.4, 0.5) is 5.69 Å². The first-order valence-corrected chi connectivity index (χ1v) is 7.68. The van der Waals surface area contributed by atoms with Gasteiger partial charge < -0.3 is 0 Å². The quantitative estimate of drug-likeness (QED) is 0.494. The van der Waals surface area contributed by atoms with Crippen LogP contribution in [0.3, 0.4) is 0 Å². The molecule has 0 saturated carbocycles. The van der Waals surface area contributed by atoms with Gasteiger partial charge in [0.05, 0.1) is 11.6 Å². The van der Waals surface area contributed by atoms with E-state index < -0.39 is 4.92 Å². The summed E-state index contributed by atoms with van der Waals surface area (Å²) >= 11 is 0. The van der Waals surface area contributed by atoms with Crippen molar-refractivity contribution in [1.82, 2.24) is 14.7 Å². The van der Waals surface area contributed by atoms with E-state index in [0.717, 1.165) is 13.1 Å². The zero-order valence-electron chi connectivity index (χ0n) is 13.2. The van der Waals surface area contributed by atoms with Crippen molar-refractivity contribution in [1.29, 1.82) is 0 Å². The number of hydrogen-bond acceptors (Lipinski definition) is 4. The lowest BCUT2D eigenvalue weighted by atomic mass is 10.2. The van der Waals surface area contributed by atoms with Gasteiger partial charge in [-0.2, -0.15) is 5.10 Å². The van der Waals surface area contributed by atoms with Crippen molar-refractivity contribution in [3.63, 3.8) is 0 Å². The van der Waals surface area contributed by atoms with E-state index in [1.807, 2.05) is 36.4 Å². The lowest BCUT2D eigenvalue weighted by Crippen LogP contribution is -2.26. The fourth-order valence-electron chi connectivity index (χ4n) is 2.57. The summed E-state index contributed by atoms with van der Waals surface area (Å²) in [6.07, 6.45) is 2.74. The van der Waals surface area contributed by atoms with Crippen molar-refractivity contribution < 1.29 is 4.92 Å². The Morgan fingerprint density at radius 1 is 0.958 bits per heavy atom. The molecule has 0 fully saturated rings. The van der Waals surface area contributed by atoms with Crippen molar-refractivity contribution in [2.24, 2.45) is 0 Å². The van der Waals surface area contributed by atoms with Gasteiger partial charge in [-0.1, -0.05) is 60.7 Å². The van der Waals surface area contributed by atoms with Crippen molar-refractivity contribution in [2.75, 3.05) is 0 Å². The summed E-state index contributed by atoms with van der Waals surface area (Å²) in [5, 5.41) is 14.9. The second-order valence-electron chi connectivity index (χ2n) is 5.59. The average molecular weight is 322 g/mol. The molecule has 0 atom stereocenters. The van der Waals surface area contributed by atoms with Crippen LogP contribution >= 0.6 is 0 Å². The van der Waals surface area contributed by atoms with E-state index in [9.17, 15) is 10.1 Å². The van der Waals surface area contributed by atoms with Gasteiger partial charge in [-0.3, -0.25) is 19.7 Å². The summed E-state index contributed by atoms with van der Waals surface area (Å²) in [5.74, 6) is 0. The van der Waals surface area contributed by atoms with Crippen molar-refractivity contribution >= 4 is 5.69 Å². The van der Waals surface area contributed by atoms with Gasteiger partial charge >= 0.3 is 5.69 Å². The van der Waals surface area contributed by atoms with Gasteiger partial charge in [0.1, 0.15) is 12.4 Å². The molecular weight excluding hydrogens is 304 g/mol. The summed E-state index contributed by atoms with van der Waals surface area (Å²) in [6.45, 7) is 1.96. The van der Waals surface area contributed by atoms with Crippen molar-refractivity contribution in [3.05, 3.63) is 94.3 Å². The van der Waals surface area contributed by atoms with Gasteiger partial charge in [0.15, 0.2) is 0 Å². The second-order valence-corrected chi connectivity index (χ2v) is 5.59. The average Bonchev–Trinajstić information content (AvgIpc) is 3.05. The van der Waals surface area contributed by atoms with E-state index in [0.29, 0.717) is 6.67 Å². The van der Waals surface area contributed by atoms with Crippen LogP contribution in [0.25, 0.3) is 0 Å². The minimum Gasteiger partial charge on any atom is -0.276 e. The summed E-state index contributed by atoms with van der Waals surface area (Å²) in [4.78, 5) is 12.6. The molecule has 24 heavy (non-hydrogen) atoms. The maximum absolute atomic E-state index is 10.8. The SMILES string of the molecule is O=[N+]([O-])c1cnn(CN(Cc2ccccc2)Cc2ccccc2)c1. The predicted molar refractivity (Wildman–Crippen MR) is 91.0 cm³/mol. The van der Waals surface area contributed by atoms with E-state index in [4.69, 9.17) is 0 Å². The number of nitrogens with zero attached hydrogens (tertiary/aromatic N) is 4. The fourth-order valence-corrected chi connectivity index (χ4v) is 2.57. The summed E-state index contributed by atoms with van der Waals surface area (Å²) in [6, 6.07) is 20.3. The van der Waals surface area contributed by atoms with Crippen LogP contribution in [0.2, 0.25) is 0 Å². The van der Waals surface area contributed by atoms with Crippen LogP contribution < -0.4 is 0 Å². The third kappa shape index (κ3) is 4.27. The predicted octanol–water partition coefficient (Wildman–Crippen LogP) is 3.45. The Labute approximate surface area is 140 Å². The van der Waals surface area contributed by atoms with E-state index in [-0.39, 0.29) is 5.69 Å². The zero-order valence-corrected chi connectivity index (χ0v) is 13.2. The molecule has 1 aromatic heterocycles. The van der Waals surface area contributed by atoms with Crippen LogP contribution in [-0.2, 0) is 19.8 Å². The molecule has 1 heterocycles. The Bertz CT molecular complexity index is 746. The molecule has 0 saturated heterocycles. The number of hydrogen-bond donors (Lipinski definition) is 0. The molecule has 6 heteroatoms. The van der Waals surface area contributed by atoms with Gasteiger partial charge in [-0.15, -0.1) is 0 Å². The van der Waals surface area contributed by atoms with E-state index in [2.05, 4.69) is 34.3 Å². The molecule has 0 radical (unpaired) electrons. The van der Waals surface area contributed by atoms with E-state index >= 15 is 0 Å². The van der Waals surface area contributed by atoms with Gasteiger partial charge in [-0.25, -0.2) is 0 Å². The molecule has 0 spiro atoms. The number of rotatable bonds is 7. The Balaban J connectivity index is 1.76. The molecule has 0 N–H and O–H groups in total. The highest BCUT2D eigenvalue weighted by Gasteiger charge is 2.12. The van der Waals surface area contributed by atoms with Crippen LogP contribution in [0, 0.1) is 10.1 Å². The smallest absolute Gasteiger partial charge is 0.276 e. The molecule has 6 nitrogen and oxygen atoms in total. The third-order valence-electron chi connectivity index (χ3n) is 3.67. The standard InChI is InChI=1S/C18H18N4O2/c23-22(24)18-11-19-21(14-18)15-20(12-16-7-3-1-4-8-16)13-17-9-5-2-6-10-17/h1-11,14H,12-13,15H2. The minimum absolute atomic E-state index is 0.00868. The molecule has 3 rings (SSSR count). The first-order chi connectivity index (χ1) is 11.7. The second kappa shape index (κ2) is 7.52. The summed E-state index contributed by atoms with van der Waals surface area (Å²) in [5.41, 5.74) is 2.39. The largest absolute Gasteiger partial charge is 0.307 e. The maximum atomic E-state index is 10.8. The van der Waals surface area contributed by atoms with E-state index in [1.54, 1.807) is 4.68 Å². The molecule has 0 aliphatic heterocycles. The molecule has 0 bridgehead atoms. The molecule has 0 aliphatic carbocycles. The van der Waals surface area contributed by atoms with Crippen LogP contribution in [-0.4, -0.2) is 19.6 Å². The molecule has 0 unspecified atom stereocenters. The lowest BCUT2D eigenvalue weighted by Gasteiger charge is -2.22. The highest BCUT2D eigenvalue weighted by atomic mass is 16.6. The number of nitro groups is 1. The normalized spacial score (nSPS) is 10.9. The van der Waals surface area contributed by atoms with Crippen molar-refractivity contribution in [3.8, 4) is 0 Å². The summed E-state index contributed by atoms with van der Waals surface area (Å²) < 4.78 is 1.60. The first-order valence-electron chi connectivity index (χ1n) is 7.68. The van der Waals surface area contributed by atoms with Crippen LogP contribution in [0.15, 0.2) is 73.1 Å². The van der Waals surface area contributed by atoms with Gasteiger partial charge in [0, 0.05) is 13.1 Å². The third-order valence-corrected chi connectivity index (χ3v) is 3.67. The van der Waals surface area contributed by atoms with Gasteiger partial charge in [0.25, 0.3) is 0 Å². The van der Waals surface area contributed by atoms with Gasteiger partial charge in [-0.05, 0) is 11.1 Å². The zero-order chi connectivity index (χ0) is 16.8. The highest BCUT2D eigenvalue weighted by molar-refractivity contribution is 5.21. The monoisotopic (exact) mass is 322 g/mol. The number of aromatic nitrogens is 2. The van der Waals surface area contributed by atoms with Gasteiger partial charge in [0.2, 0.25) is 0 Å². The molecule has 2 aromatic carbocycles. The molecule has 3 aromatic rings. The van der Waals surface area contributed by atoms with E-state index in [1.165, 1.54) is 23.5 Å². The minimum atomic E-state index is -0.428. The summed E-state index contributed by atoms with van der Waals surface area (Å²) in [7, 11) is 0. The topological polar surface area (TPSA) is 64.2 Å². The fraction of sp³-hybridized carbons (Fsp3) is 0.167. The number of benzene rings is 2. The van der Waals surface area contributed by atoms with Crippen molar-refractivity contribution in [2.45, 2.75) is 19.8 Å². The molecule has 122 valence electrons. The Kier molecular flexibility index (Phi) is 4.98. The first kappa shape index (κ1) is 15.9. The Hall–Kier alpha value is -2.99. The van der Waals surface area contributed by atoms with Crippen LogP contribution in [0.5, 0.6) is 0 Å². The van der Waals surface area contributed by atoms with Crippen LogP contribution in [0.1, 0.15) is 11.1 Å². The molecule has 0 amide bonds. The lowest BCUT2D eigenvalue weighted by molar-refractivity contribution is -0.385. The Morgan fingerprint density at radius 2 is 1.50 bits per heavy atom.